The van der Waals surface area contributed by atoms with E-state index in [1.54, 1.807) is 25.3 Å². The zero-order valence-electron chi connectivity index (χ0n) is 13.7. The number of hydrogen-bond donors (Lipinski definition) is 1. The molecule has 0 fully saturated rings. The topological polar surface area (TPSA) is 38.3 Å². The SMILES string of the molecule is COc1ccc(C(=O)NC(CC(C)C)c2ccccc2)cc1Cl. The highest BCUT2D eigenvalue weighted by Crippen LogP contribution is 2.26. The molecule has 0 saturated heterocycles. The molecule has 2 rings (SSSR count). The molecule has 1 unspecified atom stereocenters. The molecule has 0 heterocycles. The molecule has 4 heteroatoms. The first kappa shape index (κ1) is 17.4. The van der Waals surface area contributed by atoms with Crippen LogP contribution >= 0.6 is 11.6 Å². The highest BCUT2D eigenvalue weighted by atomic mass is 35.5. The van der Waals surface area contributed by atoms with Gasteiger partial charge in [-0.1, -0.05) is 55.8 Å². The first-order valence-electron chi connectivity index (χ1n) is 7.70. The van der Waals surface area contributed by atoms with E-state index in [9.17, 15) is 4.79 Å². The van der Waals surface area contributed by atoms with E-state index in [-0.39, 0.29) is 11.9 Å². The average molecular weight is 332 g/mol. The summed E-state index contributed by atoms with van der Waals surface area (Å²) >= 11 is 6.11. The Labute approximate surface area is 142 Å². The minimum atomic E-state index is -0.135. The minimum Gasteiger partial charge on any atom is -0.495 e. The second-order valence-corrected chi connectivity index (χ2v) is 6.32. The summed E-state index contributed by atoms with van der Waals surface area (Å²) in [5.41, 5.74) is 1.63. The van der Waals surface area contributed by atoms with Gasteiger partial charge in [-0.3, -0.25) is 4.79 Å². The number of amides is 1. The molecular formula is C19H22ClNO2. The quantitative estimate of drug-likeness (QED) is 0.820. The van der Waals surface area contributed by atoms with E-state index in [1.807, 2.05) is 30.3 Å². The van der Waals surface area contributed by atoms with E-state index in [1.165, 1.54) is 0 Å². The number of hydrogen-bond acceptors (Lipinski definition) is 2. The van der Waals surface area contributed by atoms with Crippen molar-refractivity contribution < 1.29 is 9.53 Å². The Morgan fingerprint density at radius 2 is 1.87 bits per heavy atom. The Morgan fingerprint density at radius 1 is 1.17 bits per heavy atom. The fourth-order valence-corrected chi connectivity index (χ4v) is 2.74. The van der Waals surface area contributed by atoms with Gasteiger partial charge >= 0.3 is 0 Å². The summed E-state index contributed by atoms with van der Waals surface area (Å²) in [6.45, 7) is 4.29. The van der Waals surface area contributed by atoms with Gasteiger partial charge in [0.05, 0.1) is 18.2 Å². The van der Waals surface area contributed by atoms with Crippen molar-refractivity contribution in [3.05, 3.63) is 64.7 Å². The predicted molar refractivity (Wildman–Crippen MR) is 94.1 cm³/mol. The van der Waals surface area contributed by atoms with Gasteiger partial charge in [0.15, 0.2) is 0 Å². The van der Waals surface area contributed by atoms with Gasteiger partial charge in [-0.2, -0.15) is 0 Å². The molecule has 0 aliphatic heterocycles. The van der Waals surface area contributed by atoms with Crippen LogP contribution in [0.15, 0.2) is 48.5 Å². The lowest BCUT2D eigenvalue weighted by molar-refractivity contribution is 0.0932. The molecule has 2 aromatic carbocycles. The summed E-state index contributed by atoms with van der Waals surface area (Å²) in [6.07, 6.45) is 0.875. The average Bonchev–Trinajstić information content (AvgIpc) is 2.54. The van der Waals surface area contributed by atoms with Crippen LogP contribution in [0.5, 0.6) is 5.75 Å². The molecule has 0 aromatic heterocycles. The molecule has 122 valence electrons. The standard InChI is InChI=1S/C19H22ClNO2/c1-13(2)11-17(14-7-5-4-6-8-14)21-19(22)15-9-10-18(23-3)16(20)12-15/h4-10,12-13,17H,11H2,1-3H3,(H,21,22). The van der Waals surface area contributed by atoms with Crippen LogP contribution in [0.3, 0.4) is 0 Å². The van der Waals surface area contributed by atoms with Gasteiger partial charge in [0, 0.05) is 5.56 Å². The summed E-state index contributed by atoms with van der Waals surface area (Å²) in [6, 6.07) is 15.0. The van der Waals surface area contributed by atoms with Gasteiger partial charge in [0.2, 0.25) is 0 Å². The zero-order valence-corrected chi connectivity index (χ0v) is 14.4. The first-order chi connectivity index (χ1) is 11.0. The molecule has 0 spiro atoms. The van der Waals surface area contributed by atoms with Gasteiger partial charge in [0.1, 0.15) is 5.75 Å². The van der Waals surface area contributed by atoms with Crippen LogP contribution in [-0.2, 0) is 0 Å². The molecule has 23 heavy (non-hydrogen) atoms. The maximum absolute atomic E-state index is 12.6. The van der Waals surface area contributed by atoms with Gasteiger partial charge in [-0.05, 0) is 36.1 Å². The minimum absolute atomic E-state index is 0.0235. The van der Waals surface area contributed by atoms with Crippen LogP contribution in [0, 0.1) is 5.92 Å². The predicted octanol–water partition coefficient (Wildman–Crippen LogP) is 4.87. The molecule has 3 nitrogen and oxygen atoms in total. The number of carbonyl (C=O) groups excluding carboxylic acids is 1. The van der Waals surface area contributed by atoms with E-state index in [4.69, 9.17) is 16.3 Å². The second kappa shape index (κ2) is 8.02. The van der Waals surface area contributed by atoms with Crippen LogP contribution in [0.2, 0.25) is 5.02 Å². The third-order valence-corrected chi connectivity index (χ3v) is 3.92. The molecule has 1 N–H and O–H groups in total. The van der Waals surface area contributed by atoms with E-state index in [0.29, 0.717) is 22.3 Å². The van der Waals surface area contributed by atoms with E-state index in [0.717, 1.165) is 12.0 Å². The summed E-state index contributed by atoms with van der Waals surface area (Å²) < 4.78 is 5.12. The summed E-state index contributed by atoms with van der Waals surface area (Å²) in [7, 11) is 1.55. The van der Waals surface area contributed by atoms with Crippen LogP contribution in [0.1, 0.15) is 42.2 Å². The first-order valence-corrected chi connectivity index (χ1v) is 8.08. The van der Waals surface area contributed by atoms with Gasteiger partial charge in [-0.15, -0.1) is 0 Å². The molecule has 1 amide bonds. The Bertz CT molecular complexity index is 656. The molecule has 0 aliphatic carbocycles. The van der Waals surface area contributed by atoms with Crippen LogP contribution < -0.4 is 10.1 Å². The third kappa shape index (κ3) is 4.73. The fraction of sp³-hybridized carbons (Fsp3) is 0.316. The number of benzene rings is 2. The lowest BCUT2D eigenvalue weighted by atomic mass is 9.96. The van der Waals surface area contributed by atoms with Crippen molar-refractivity contribution >= 4 is 17.5 Å². The Morgan fingerprint density at radius 3 is 2.43 bits per heavy atom. The Balaban J connectivity index is 2.19. The van der Waals surface area contributed by atoms with Gasteiger partial charge in [0.25, 0.3) is 5.91 Å². The second-order valence-electron chi connectivity index (χ2n) is 5.92. The lowest BCUT2D eigenvalue weighted by Gasteiger charge is -2.21. The molecule has 0 bridgehead atoms. The molecule has 0 saturated carbocycles. The van der Waals surface area contributed by atoms with E-state index >= 15 is 0 Å². The lowest BCUT2D eigenvalue weighted by Crippen LogP contribution is -2.29. The smallest absolute Gasteiger partial charge is 0.251 e. The summed E-state index contributed by atoms with van der Waals surface area (Å²) in [5.74, 6) is 0.897. The highest BCUT2D eigenvalue weighted by Gasteiger charge is 2.17. The number of halogens is 1. The van der Waals surface area contributed by atoms with Gasteiger partial charge < -0.3 is 10.1 Å². The van der Waals surface area contributed by atoms with E-state index in [2.05, 4.69) is 19.2 Å². The van der Waals surface area contributed by atoms with Crippen molar-refractivity contribution in [1.82, 2.24) is 5.32 Å². The maximum Gasteiger partial charge on any atom is 0.251 e. The molecule has 0 radical (unpaired) electrons. The molecule has 1 atom stereocenters. The van der Waals surface area contributed by atoms with Crippen LogP contribution in [-0.4, -0.2) is 13.0 Å². The monoisotopic (exact) mass is 331 g/mol. The van der Waals surface area contributed by atoms with Gasteiger partial charge in [-0.25, -0.2) is 0 Å². The largest absolute Gasteiger partial charge is 0.495 e. The third-order valence-electron chi connectivity index (χ3n) is 3.63. The zero-order chi connectivity index (χ0) is 16.8. The Hall–Kier alpha value is -2.00. The van der Waals surface area contributed by atoms with Crippen molar-refractivity contribution in [2.75, 3.05) is 7.11 Å². The van der Waals surface area contributed by atoms with Crippen molar-refractivity contribution in [2.45, 2.75) is 26.3 Å². The summed E-state index contributed by atoms with van der Waals surface area (Å²) in [5, 5.41) is 3.54. The number of rotatable bonds is 6. The number of nitrogens with one attached hydrogen (secondary N) is 1. The normalized spacial score (nSPS) is 12.0. The van der Waals surface area contributed by atoms with Crippen molar-refractivity contribution in [3.63, 3.8) is 0 Å². The number of carbonyl (C=O) groups is 1. The van der Waals surface area contributed by atoms with Crippen molar-refractivity contribution in [3.8, 4) is 5.75 Å². The van der Waals surface area contributed by atoms with Crippen LogP contribution in [0.4, 0.5) is 0 Å². The maximum atomic E-state index is 12.6. The van der Waals surface area contributed by atoms with Crippen LogP contribution in [0.25, 0.3) is 0 Å². The number of methoxy groups -OCH3 is 1. The summed E-state index contributed by atoms with van der Waals surface area (Å²) in [4.78, 5) is 12.6. The van der Waals surface area contributed by atoms with Crippen molar-refractivity contribution in [1.29, 1.82) is 0 Å². The molecular weight excluding hydrogens is 310 g/mol. The van der Waals surface area contributed by atoms with Crippen molar-refractivity contribution in [2.24, 2.45) is 5.92 Å². The fourth-order valence-electron chi connectivity index (χ4n) is 2.48. The highest BCUT2D eigenvalue weighted by molar-refractivity contribution is 6.32. The Kier molecular flexibility index (Phi) is 6.05. The van der Waals surface area contributed by atoms with E-state index < -0.39 is 0 Å². The number of ether oxygens (including phenoxy) is 1. The molecule has 0 aliphatic rings. The molecule has 2 aromatic rings.